The van der Waals surface area contributed by atoms with Gasteiger partial charge < -0.3 is 14.8 Å². The van der Waals surface area contributed by atoms with Gasteiger partial charge in [0.1, 0.15) is 11.5 Å². The molecule has 1 N–H and O–H groups in total. The van der Waals surface area contributed by atoms with Crippen LogP contribution in [0.2, 0.25) is 10.0 Å². The van der Waals surface area contributed by atoms with E-state index in [4.69, 9.17) is 32.7 Å². The highest BCUT2D eigenvalue weighted by Gasteiger charge is 2.15. The Hall–Kier alpha value is -2.49. The second kappa shape index (κ2) is 9.13. The summed E-state index contributed by atoms with van der Waals surface area (Å²) in [4.78, 5) is 12.4. The average Bonchev–Trinajstić information content (AvgIpc) is 3.16. The van der Waals surface area contributed by atoms with Crippen molar-refractivity contribution >= 4 is 46.6 Å². The number of amides is 1. The first kappa shape index (κ1) is 20.2. The lowest BCUT2D eigenvalue weighted by Gasteiger charge is -2.13. The molecule has 8 nitrogen and oxygen atoms in total. The molecule has 0 aliphatic rings. The number of thioether (sulfide) groups is 1. The largest absolute Gasteiger partial charge is 0.495 e. The summed E-state index contributed by atoms with van der Waals surface area (Å²) >= 11 is 13.2. The van der Waals surface area contributed by atoms with Crippen LogP contribution in [0.25, 0.3) is 5.69 Å². The van der Waals surface area contributed by atoms with Gasteiger partial charge in [0.2, 0.25) is 11.1 Å². The molecule has 0 aliphatic heterocycles. The molecule has 0 unspecified atom stereocenters. The lowest BCUT2D eigenvalue weighted by molar-refractivity contribution is -0.113. The van der Waals surface area contributed by atoms with Gasteiger partial charge in [-0.05, 0) is 40.8 Å². The van der Waals surface area contributed by atoms with E-state index in [9.17, 15) is 4.79 Å². The third-order valence-corrected chi connectivity index (χ3v) is 5.06. The molecule has 3 rings (SSSR count). The number of rotatable bonds is 7. The first-order valence-electron chi connectivity index (χ1n) is 7.90. The molecule has 0 radical (unpaired) electrons. The Morgan fingerprint density at radius 2 is 1.86 bits per heavy atom. The maximum atomic E-state index is 12.4. The molecule has 0 saturated heterocycles. The van der Waals surface area contributed by atoms with E-state index >= 15 is 0 Å². The van der Waals surface area contributed by atoms with Gasteiger partial charge in [-0.25, -0.2) is 0 Å². The standard InChI is InChI=1S/C17H15Cl2N5O3S/c1-26-14-8-15(27-2)13(7-12(14)19)20-16(25)9-28-17-21-22-23-24(17)11-5-3-10(18)4-6-11/h3-8H,9H2,1-2H3,(H,20,25). The second-order valence-electron chi connectivity index (χ2n) is 5.37. The Bertz CT molecular complexity index is 981. The fourth-order valence-electron chi connectivity index (χ4n) is 2.29. The predicted octanol–water partition coefficient (Wildman–Crippen LogP) is 3.72. The molecule has 28 heavy (non-hydrogen) atoms. The van der Waals surface area contributed by atoms with Crippen molar-refractivity contribution in [3.8, 4) is 17.2 Å². The van der Waals surface area contributed by atoms with Gasteiger partial charge in [-0.3, -0.25) is 4.79 Å². The SMILES string of the molecule is COc1cc(OC)c(NC(=O)CSc2nnnn2-c2ccc(Cl)cc2)cc1Cl. The number of aromatic nitrogens is 4. The number of ether oxygens (including phenoxy) is 2. The topological polar surface area (TPSA) is 91.2 Å². The summed E-state index contributed by atoms with van der Waals surface area (Å²) < 4.78 is 11.9. The van der Waals surface area contributed by atoms with E-state index in [2.05, 4.69) is 20.8 Å². The van der Waals surface area contributed by atoms with Crippen molar-refractivity contribution in [2.24, 2.45) is 0 Å². The van der Waals surface area contributed by atoms with Gasteiger partial charge in [-0.15, -0.1) is 5.10 Å². The van der Waals surface area contributed by atoms with E-state index in [1.807, 2.05) is 0 Å². The number of methoxy groups -OCH3 is 2. The molecule has 0 bridgehead atoms. The average molecular weight is 440 g/mol. The molecule has 0 spiro atoms. The first-order chi connectivity index (χ1) is 13.5. The third-order valence-electron chi connectivity index (χ3n) is 3.59. The Kier molecular flexibility index (Phi) is 6.61. The van der Waals surface area contributed by atoms with E-state index in [0.717, 1.165) is 5.69 Å². The van der Waals surface area contributed by atoms with Crippen molar-refractivity contribution in [1.29, 1.82) is 0 Å². The summed E-state index contributed by atoms with van der Waals surface area (Å²) in [7, 11) is 2.99. The Morgan fingerprint density at radius 1 is 1.14 bits per heavy atom. The molecule has 11 heteroatoms. The first-order valence-corrected chi connectivity index (χ1v) is 9.64. The molecule has 146 valence electrons. The van der Waals surface area contributed by atoms with Crippen molar-refractivity contribution in [2.75, 3.05) is 25.3 Å². The molecule has 2 aromatic carbocycles. The van der Waals surface area contributed by atoms with E-state index in [-0.39, 0.29) is 11.7 Å². The zero-order valence-corrected chi connectivity index (χ0v) is 17.2. The number of halogens is 2. The summed E-state index contributed by atoms with van der Waals surface area (Å²) in [5.41, 5.74) is 1.18. The maximum absolute atomic E-state index is 12.4. The quantitative estimate of drug-likeness (QED) is 0.560. The summed E-state index contributed by atoms with van der Waals surface area (Å²) in [6.45, 7) is 0. The Morgan fingerprint density at radius 3 is 2.54 bits per heavy atom. The Labute approximate surface area is 175 Å². The van der Waals surface area contributed by atoms with Gasteiger partial charge in [0, 0.05) is 11.1 Å². The van der Waals surface area contributed by atoms with Crippen LogP contribution in [0.4, 0.5) is 5.69 Å². The monoisotopic (exact) mass is 439 g/mol. The number of anilines is 1. The van der Waals surface area contributed by atoms with Crippen LogP contribution >= 0.6 is 35.0 Å². The minimum Gasteiger partial charge on any atom is -0.495 e. The van der Waals surface area contributed by atoms with Crippen molar-refractivity contribution in [2.45, 2.75) is 5.16 Å². The number of hydrogen-bond acceptors (Lipinski definition) is 7. The molecule has 1 heterocycles. The van der Waals surface area contributed by atoms with Gasteiger partial charge in [0.25, 0.3) is 0 Å². The highest BCUT2D eigenvalue weighted by atomic mass is 35.5. The minimum absolute atomic E-state index is 0.0841. The lowest BCUT2D eigenvalue weighted by atomic mass is 10.2. The van der Waals surface area contributed by atoms with Crippen molar-refractivity contribution in [3.05, 3.63) is 46.4 Å². The molecular formula is C17H15Cl2N5O3S. The summed E-state index contributed by atoms with van der Waals surface area (Å²) in [5.74, 6) is 0.703. The summed E-state index contributed by atoms with van der Waals surface area (Å²) in [6, 6.07) is 10.2. The normalized spacial score (nSPS) is 10.6. The smallest absolute Gasteiger partial charge is 0.234 e. The van der Waals surface area contributed by atoms with Gasteiger partial charge in [-0.1, -0.05) is 35.0 Å². The number of carbonyl (C=O) groups is 1. The third kappa shape index (κ3) is 4.67. The molecule has 0 fully saturated rings. The van der Waals surface area contributed by atoms with E-state index in [0.29, 0.717) is 32.4 Å². The number of tetrazole rings is 1. The number of benzene rings is 2. The molecule has 3 aromatic rings. The lowest BCUT2D eigenvalue weighted by Crippen LogP contribution is -2.15. The van der Waals surface area contributed by atoms with Crippen LogP contribution in [0.1, 0.15) is 0 Å². The van der Waals surface area contributed by atoms with Crippen LogP contribution in [0.5, 0.6) is 11.5 Å². The fraction of sp³-hybridized carbons (Fsp3) is 0.176. The zero-order chi connectivity index (χ0) is 20.1. The highest BCUT2D eigenvalue weighted by molar-refractivity contribution is 7.99. The molecule has 1 amide bonds. The number of hydrogen-bond donors (Lipinski definition) is 1. The van der Waals surface area contributed by atoms with Crippen LogP contribution < -0.4 is 14.8 Å². The van der Waals surface area contributed by atoms with Crippen molar-refractivity contribution in [1.82, 2.24) is 20.2 Å². The van der Waals surface area contributed by atoms with E-state index in [1.54, 1.807) is 36.4 Å². The number of nitrogens with zero attached hydrogens (tertiary/aromatic N) is 4. The van der Waals surface area contributed by atoms with Gasteiger partial charge in [0.15, 0.2) is 0 Å². The number of carbonyl (C=O) groups excluding carboxylic acids is 1. The summed E-state index contributed by atoms with van der Waals surface area (Å²) in [6.07, 6.45) is 0. The van der Waals surface area contributed by atoms with E-state index in [1.165, 1.54) is 30.7 Å². The Balaban J connectivity index is 1.68. The molecule has 0 saturated carbocycles. The van der Waals surface area contributed by atoms with Crippen LogP contribution in [-0.2, 0) is 4.79 Å². The highest BCUT2D eigenvalue weighted by Crippen LogP contribution is 2.36. The molecule has 0 atom stereocenters. The predicted molar refractivity (Wildman–Crippen MR) is 108 cm³/mol. The van der Waals surface area contributed by atoms with Gasteiger partial charge >= 0.3 is 0 Å². The van der Waals surface area contributed by atoms with Crippen LogP contribution in [0, 0.1) is 0 Å². The van der Waals surface area contributed by atoms with Crippen LogP contribution in [0.15, 0.2) is 41.6 Å². The van der Waals surface area contributed by atoms with Crippen molar-refractivity contribution < 1.29 is 14.3 Å². The molecule has 1 aromatic heterocycles. The molecular weight excluding hydrogens is 425 g/mol. The van der Waals surface area contributed by atoms with Gasteiger partial charge in [-0.2, -0.15) is 4.68 Å². The second-order valence-corrected chi connectivity index (χ2v) is 7.16. The summed E-state index contributed by atoms with van der Waals surface area (Å²) in [5, 5.41) is 15.8. The zero-order valence-electron chi connectivity index (χ0n) is 14.8. The van der Waals surface area contributed by atoms with Gasteiger partial charge in [0.05, 0.1) is 36.4 Å². The van der Waals surface area contributed by atoms with Crippen LogP contribution in [0.3, 0.4) is 0 Å². The van der Waals surface area contributed by atoms with E-state index < -0.39 is 0 Å². The van der Waals surface area contributed by atoms with Crippen LogP contribution in [-0.4, -0.2) is 46.1 Å². The minimum atomic E-state index is -0.268. The number of nitrogens with one attached hydrogen (secondary N) is 1. The van der Waals surface area contributed by atoms with Crippen molar-refractivity contribution in [3.63, 3.8) is 0 Å². The fourth-order valence-corrected chi connectivity index (χ4v) is 3.35. The maximum Gasteiger partial charge on any atom is 0.234 e. The molecule has 0 aliphatic carbocycles.